The Morgan fingerprint density at radius 2 is 1.94 bits per heavy atom. The van der Waals surface area contributed by atoms with Gasteiger partial charge in [-0.1, -0.05) is 33.6 Å². The minimum atomic E-state index is -3.96. The van der Waals surface area contributed by atoms with Gasteiger partial charge in [-0.3, -0.25) is 4.79 Å². The number of halogens is 1. The molecule has 2 fully saturated rings. The number of β-lactam (4-membered cyclic amide) rings is 1. The van der Waals surface area contributed by atoms with Gasteiger partial charge in [0, 0.05) is 10.7 Å². The molecule has 1 saturated carbocycles. The van der Waals surface area contributed by atoms with Crippen molar-refractivity contribution < 1.29 is 13.2 Å². The van der Waals surface area contributed by atoms with E-state index in [1.54, 1.807) is 0 Å². The molecular weight excluding hydrogens is 274 g/mol. The smallest absolute Gasteiger partial charge is 0.274 e. The fourth-order valence-corrected chi connectivity index (χ4v) is 5.49. The molecule has 4 nitrogen and oxygen atoms in total. The summed E-state index contributed by atoms with van der Waals surface area (Å²) in [7, 11) is 1.48. The lowest BCUT2D eigenvalue weighted by Crippen LogP contribution is -2.70. The third kappa shape index (κ3) is 2.05. The number of nitrogens with zero attached hydrogens (tertiary/aromatic N) is 1. The van der Waals surface area contributed by atoms with Crippen molar-refractivity contribution in [3.63, 3.8) is 0 Å². The van der Waals surface area contributed by atoms with E-state index in [-0.39, 0.29) is 17.2 Å². The summed E-state index contributed by atoms with van der Waals surface area (Å²) in [6.45, 7) is 6.31. The second kappa shape index (κ2) is 4.10. The minimum absolute atomic E-state index is 0.0268. The van der Waals surface area contributed by atoms with Crippen LogP contribution in [0.1, 0.15) is 52.9 Å². The highest BCUT2D eigenvalue weighted by Gasteiger charge is 2.62. The standard InChI is InChI=1S/C12H20ClNO3S/c1-11(2,3)9-6-4-5-7-12(9)8-10(15)14(12)18(13,16)17/h9H,4-8H2,1-3H3. The number of rotatable bonds is 1. The zero-order chi connectivity index (χ0) is 13.8. The number of carbonyl (C=O) groups is 1. The Labute approximate surface area is 113 Å². The minimum Gasteiger partial charge on any atom is -0.274 e. The molecule has 2 rings (SSSR count). The molecule has 1 spiro atoms. The van der Waals surface area contributed by atoms with Gasteiger partial charge in [-0.15, -0.1) is 0 Å². The maximum atomic E-state index is 11.7. The third-order valence-corrected chi connectivity index (χ3v) is 5.77. The summed E-state index contributed by atoms with van der Waals surface area (Å²) in [5.74, 6) is -0.175. The van der Waals surface area contributed by atoms with Crippen LogP contribution in [-0.2, 0) is 14.0 Å². The lowest BCUT2D eigenvalue weighted by molar-refractivity contribution is -0.157. The maximum Gasteiger partial charge on any atom is 0.324 e. The van der Waals surface area contributed by atoms with Crippen molar-refractivity contribution in [1.82, 2.24) is 4.31 Å². The Morgan fingerprint density at radius 3 is 2.39 bits per heavy atom. The molecule has 1 aliphatic carbocycles. The quantitative estimate of drug-likeness (QED) is 0.552. The van der Waals surface area contributed by atoms with Gasteiger partial charge in [0.05, 0.1) is 12.0 Å². The highest BCUT2D eigenvalue weighted by atomic mass is 35.7. The molecule has 1 aliphatic heterocycles. The molecule has 1 saturated heterocycles. The predicted molar refractivity (Wildman–Crippen MR) is 70.4 cm³/mol. The molecule has 0 bridgehead atoms. The molecule has 1 heterocycles. The lowest BCUT2D eigenvalue weighted by Gasteiger charge is -2.59. The fraction of sp³-hybridized carbons (Fsp3) is 0.917. The van der Waals surface area contributed by atoms with Crippen LogP contribution in [0, 0.1) is 11.3 Å². The molecule has 6 heteroatoms. The summed E-state index contributed by atoms with van der Waals surface area (Å²) in [5, 5.41) is 0. The van der Waals surface area contributed by atoms with Crippen molar-refractivity contribution in [2.24, 2.45) is 11.3 Å². The van der Waals surface area contributed by atoms with E-state index < -0.39 is 14.8 Å². The van der Waals surface area contributed by atoms with Crippen LogP contribution in [0.2, 0.25) is 0 Å². The molecule has 0 N–H and O–H groups in total. The summed E-state index contributed by atoms with van der Waals surface area (Å²) in [6, 6.07) is 0. The highest BCUT2D eigenvalue weighted by Crippen LogP contribution is 2.55. The number of amides is 1. The van der Waals surface area contributed by atoms with E-state index in [0.717, 1.165) is 30.0 Å². The van der Waals surface area contributed by atoms with E-state index in [1.165, 1.54) is 0 Å². The van der Waals surface area contributed by atoms with Crippen molar-refractivity contribution in [2.45, 2.75) is 58.4 Å². The number of carbonyl (C=O) groups excluding carboxylic acids is 1. The third-order valence-electron chi connectivity index (χ3n) is 4.35. The first-order valence-electron chi connectivity index (χ1n) is 6.37. The van der Waals surface area contributed by atoms with Gasteiger partial charge in [-0.2, -0.15) is 8.42 Å². The van der Waals surface area contributed by atoms with E-state index in [0.29, 0.717) is 6.42 Å². The Balaban J connectivity index is 2.42. The van der Waals surface area contributed by atoms with E-state index in [1.807, 2.05) is 0 Å². The molecule has 2 unspecified atom stereocenters. The molecule has 2 aliphatic rings. The molecule has 2 atom stereocenters. The van der Waals surface area contributed by atoms with Gasteiger partial charge in [0.15, 0.2) is 0 Å². The van der Waals surface area contributed by atoms with Gasteiger partial charge in [0.1, 0.15) is 0 Å². The molecule has 1 amide bonds. The van der Waals surface area contributed by atoms with Crippen LogP contribution in [0.25, 0.3) is 0 Å². The highest BCUT2D eigenvalue weighted by molar-refractivity contribution is 8.12. The van der Waals surface area contributed by atoms with E-state index in [4.69, 9.17) is 10.7 Å². The van der Waals surface area contributed by atoms with Crippen molar-refractivity contribution >= 4 is 25.8 Å². The van der Waals surface area contributed by atoms with Crippen molar-refractivity contribution in [3.05, 3.63) is 0 Å². The van der Waals surface area contributed by atoms with Crippen molar-refractivity contribution in [3.8, 4) is 0 Å². The molecular formula is C12H20ClNO3S. The zero-order valence-electron chi connectivity index (χ0n) is 11.1. The van der Waals surface area contributed by atoms with E-state index in [9.17, 15) is 13.2 Å². The first kappa shape index (κ1) is 14.1. The van der Waals surface area contributed by atoms with Gasteiger partial charge >= 0.3 is 9.24 Å². The SMILES string of the molecule is CC(C)(C)C1CCCCC12CC(=O)N2S(=O)(=O)Cl. The average molecular weight is 294 g/mol. The number of hydrogen-bond acceptors (Lipinski definition) is 3. The van der Waals surface area contributed by atoms with Crippen LogP contribution in [0.15, 0.2) is 0 Å². The molecule has 104 valence electrons. The molecule has 0 aromatic rings. The fourth-order valence-electron chi connectivity index (χ4n) is 3.82. The summed E-state index contributed by atoms with van der Waals surface area (Å²) < 4.78 is 24.2. The van der Waals surface area contributed by atoms with Crippen molar-refractivity contribution in [1.29, 1.82) is 0 Å². The van der Waals surface area contributed by atoms with Crippen LogP contribution < -0.4 is 0 Å². The van der Waals surface area contributed by atoms with Crippen LogP contribution >= 0.6 is 10.7 Å². The first-order chi connectivity index (χ1) is 8.09. The molecule has 0 radical (unpaired) electrons. The van der Waals surface area contributed by atoms with Crippen molar-refractivity contribution in [2.75, 3.05) is 0 Å². The van der Waals surface area contributed by atoms with Gasteiger partial charge in [0.2, 0.25) is 5.91 Å². The second-order valence-corrected chi connectivity index (χ2v) is 8.90. The van der Waals surface area contributed by atoms with E-state index in [2.05, 4.69) is 20.8 Å². The Bertz CT molecular complexity index is 468. The Hall–Kier alpha value is -0.290. The van der Waals surface area contributed by atoms with Crippen LogP contribution in [-0.4, -0.2) is 24.2 Å². The summed E-state index contributed by atoms with van der Waals surface area (Å²) in [6.07, 6.45) is 4.07. The van der Waals surface area contributed by atoms with E-state index >= 15 is 0 Å². The molecule has 0 aromatic carbocycles. The first-order valence-corrected chi connectivity index (χ1v) is 8.63. The molecule has 18 heavy (non-hydrogen) atoms. The summed E-state index contributed by atoms with van der Waals surface area (Å²) in [5.41, 5.74) is -0.588. The monoisotopic (exact) mass is 293 g/mol. The van der Waals surface area contributed by atoms with Gasteiger partial charge in [0.25, 0.3) is 0 Å². The van der Waals surface area contributed by atoms with Gasteiger partial charge in [-0.05, 0) is 24.2 Å². The largest absolute Gasteiger partial charge is 0.324 e. The Kier molecular flexibility index (Phi) is 3.22. The maximum absolute atomic E-state index is 11.7. The topological polar surface area (TPSA) is 54.5 Å². The van der Waals surface area contributed by atoms with Crippen LogP contribution in [0.5, 0.6) is 0 Å². The van der Waals surface area contributed by atoms with Gasteiger partial charge in [-0.25, -0.2) is 4.31 Å². The second-order valence-electron chi connectivity index (χ2n) is 6.54. The van der Waals surface area contributed by atoms with Crippen LogP contribution in [0.3, 0.4) is 0 Å². The summed E-state index contributed by atoms with van der Waals surface area (Å²) in [4.78, 5) is 11.7. The Morgan fingerprint density at radius 1 is 1.33 bits per heavy atom. The van der Waals surface area contributed by atoms with Crippen LogP contribution in [0.4, 0.5) is 0 Å². The average Bonchev–Trinajstić information content (AvgIpc) is 2.12. The van der Waals surface area contributed by atoms with Gasteiger partial charge < -0.3 is 0 Å². The summed E-state index contributed by atoms with van der Waals surface area (Å²) >= 11 is 0. The normalized spacial score (nSPS) is 33.7. The lowest BCUT2D eigenvalue weighted by atomic mass is 9.58. The zero-order valence-corrected chi connectivity index (χ0v) is 12.6. The number of hydrogen-bond donors (Lipinski definition) is 0. The predicted octanol–water partition coefficient (Wildman–Crippen LogP) is 2.68. The molecule has 0 aromatic heterocycles.